The summed E-state index contributed by atoms with van der Waals surface area (Å²) in [5.74, 6) is -1.76. The second-order valence-electron chi connectivity index (χ2n) is 5.20. The number of amides is 1. The van der Waals surface area contributed by atoms with Crippen LogP contribution < -0.4 is 0 Å². The second-order valence-corrected chi connectivity index (χ2v) is 7.43. The van der Waals surface area contributed by atoms with Gasteiger partial charge < -0.3 is 10.0 Å². The van der Waals surface area contributed by atoms with Crippen molar-refractivity contribution in [3.63, 3.8) is 0 Å². The summed E-state index contributed by atoms with van der Waals surface area (Å²) >= 11 is 0. The minimum Gasteiger partial charge on any atom is -0.480 e. The standard InChI is InChI=1S/C14H17NO5S/c1-10-4-2-3-5-12(10)14(18)15(8-13(16)17)11-6-7-21(19,20)9-11/h2-5,11H,6-9H2,1H3,(H,16,17). The van der Waals surface area contributed by atoms with Crippen molar-refractivity contribution in [1.82, 2.24) is 4.90 Å². The number of rotatable bonds is 4. The maximum Gasteiger partial charge on any atom is 0.323 e. The number of benzene rings is 1. The first-order valence-electron chi connectivity index (χ1n) is 6.59. The molecule has 1 aromatic rings. The first-order valence-corrected chi connectivity index (χ1v) is 8.41. The van der Waals surface area contributed by atoms with Gasteiger partial charge in [0.2, 0.25) is 0 Å². The number of carbonyl (C=O) groups is 2. The quantitative estimate of drug-likeness (QED) is 0.884. The number of hydrogen-bond donors (Lipinski definition) is 1. The molecule has 0 spiro atoms. The highest BCUT2D eigenvalue weighted by Crippen LogP contribution is 2.21. The first kappa shape index (κ1) is 15.5. The van der Waals surface area contributed by atoms with Crippen molar-refractivity contribution in [2.45, 2.75) is 19.4 Å². The molecule has 1 heterocycles. The van der Waals surface area contributed by atoms with Crippen LogP contribution in [0.5, 0.6) is 0 Å². The van der Waals surface area contributed by atoms with Crippen molar-refractivity contribution in [2.75, 3.05) is 18.1 Å². The lowest BCUT2D eigenvalue weighted by molar-refractivity contribution is -0.138. The molecule has 0 saturated carbocycles. The Morgan fingerprint density at radius 1 is 1.33 bits per heavy atom. The molecule has 7 heteroatoms. The average molecular weight is 311 g/mol. The molecule has 6 nitrogen and oxygen atoms in total. The van der Waals surface area contributed by atoms with E-state index in [0.29, 0.717) is 5.56 Å². The number of carbonyl (C=O) groups excluding carboxylic acids is 1. The van der Waals surface area contributed by atoms with Crippen LogP contribution in [0.3, 0.4) is 0 Å². The molecular weight excluding hydrogens is 294 g/mol. The smallest absolute Gasteiger partial charge is 0.323 e. The van der Waals surface area contributed by atoms with E-state index in [-0.39, 0.29) is 17.9 Å². The Kier molecular flexibility index (Phi) is 4.32. The van der Waals surface area contributed by atoms with Gasteiger partial charge in [-0.3, -0.25) is 9.59 Å². The van der Waals surface area contributed by atoms with Crippen LogP contribution in [-0.4, -0.2) is 54.4 Å². The van der Waals surface area contributed by atoms with Crippen molar-refractivity contribution < 1.29 is 23.1 Å². The fourth-order valence-electron chi connectivity index (χ4n) is 2.50. The molecule has 1 saturated heterocycles. The third kappa shape index (κ3) is 3.60. The van der Waals surface area contributed by atoms with Crippen molar-refractivity contribution in [1.29, 1.82) is 0 Å². The normalized spacial score (nSPS) is 20.1. The van der Waals surface area contributed by atoms with Gasteiger partial charge in [0.15, 0.2) is 9.84 Å². The largest absolute Gasteiger partial charge is 0.480 e. The number of nitrogens with zero attached hydrogens (tertiary/aromatic N) is 1. The molecule has 1 aliphatic rings. The third-order valence-electron chi connectivity index (χ3n) is 3.59. The minimum atomic E-state index is -3.19. The Morgan fingerprint density at radius 2 is 2.00 bits per heavy atom. The maximum atomic E-state index is 12.6. The monoisotopic (exact) mass is 311 g/mol. The lowest BCUT2D eigenvalue weighted by Gasteiger charge is -2.27. The van der Waals surface area contributed by atoms with Crippen LogP contribution in [0.4, 0.5) is 0 Å². The topological polar surface area (TPSA) is 91.8 Å². The molecule has 0 aliphatic carbocycles. The molecule has 1 fully saturated rings. The van der Waals surface area contributed by atoms with Gasteiger partial charge >= 0.3 is 5.97 Å². The summed E-state index contributed by atoms with van der Waals surface area (Å²) in [7, 11) is -3.19. The van der Waals surface area contributed by atoms with Crippen molar-refractivity contribution in [3.05, 3.63) is 35.4 Å². The van der Waals surface area contributed by atoms with Crippen LogP contribution in [-0.2, 0) is 14.6 Å². The van der Waals surface area contributed by atoms with Gasteiger partial charge in [-0.05, 0) is 25.0 Å². The van der Waals surface area contributed by atoms with Gasteiger partial charge in [0.1, 0.15) is 6.54 Å². The highest BCUT2D eigenvalue weighted by molar-refractivity contribution is 7.91. The van der Waals surface area contributed by atoms with Crippen LogP contribution in [0.2, 0.25) is 0 Å². The molecular formula is C14H17NO5S. The van der Waals surface area contributed by atoms with Crippen LogP contribution in [0.25, 0.3) is 0 Å². The molecule has 21 heavy (non-hydrogen) atoms. The Hall–Kier alpha value is -1.89. The molecule has 1 aliphatic heterocycles. The van der Waals surface area contributed by atoms with E-state index in [1.54, 1.807) is 31.2 Å². The Morgan fingerprint density at radius 3 is 2.52 bits per heavy atom. The summed E-state index contributed by atoms with van der Waals surface area (Å²) < 4.78 is 23.1. The van der Waals surface area contributed by atoms with Crippen molar-refractivity contribution in [2.24, 2.45) is 0 Å². The zero-order chi connectivity index (χ0) is 15.6. The molecule has 1 N–H and O–H groups in total. The zero-order valence-corrected chi connectivity index (χ0v) is 12.5. The SMILES string of the molecule is Cc1ccccc1C(=O)N(CC(=O)O)C1CCS(=O)(=O)C1. The summed E-state index contributed by atoms with van der Waals surface area (Å²) in [6.07, 6.45) is 0.285. The van der Waals surface area contributed by atoms with E-state index >= 15 is 0 Å². The van der Waals surface area contributed by atoms with Crippen molar-refractivity contribution in [3.8, 4) is 0 Å². The van der Waals surface area contributed by atoms with E-state index in [4.69, 9.17) is 5.11 Å². The van der Waals surface area contributed by atoms with Crippen LogP contribution in [0.15, 0.2) is 24.3 Å². The maximum absolute atomic E-state index is 12.6. The van der Waals surface area contributed by atoms with Gasteiger partial charge in [-0.15, -0.1) is 0 Å². The first-order chi connectivity index (χ1) is 9.80. The lowest BCUT2D eigenvalue weighted by atomic mass is 10.1. The molecule has 0 radical (unpaired) electrons. The minimum absolute atomic E-state index is 0.00512. The number of hydrogen-bond acceptors (Lipinski definition) is 4. The van der Waals surface area contributed by atoms with Gasteiger partial charge in [0, 0.05) is 11.6 Å². The van der Waals surface area contributed by atoms with Crippen LogP contribution in [0, 0.1) is 6.92 Å². The predicted molar refractivity (Wildman–Crippen MR) is 76.9 cm³/mol. The zero-order valence-electron chi connectivity index (χ0n) is 11.7. The van der Waals surface area contributed by atoms with Crippen LogP contribution in [0.1, 0.15) is 22.3 Å². The number of carboxylic acids is 1. The molecule has 0 aromatic heterocycles. The molecule has 114 valence electrons. The fraction of sp³-hybridized carbons (Fsp3) is 0.429. The molecule has 0 bridgehead atoms. The highest BCUT2D eigenvalue weighted by atomic mass is 32.2. The Bertz CT molecular complexity index is 668. The number of aliphatic carboxylic acids is 1. The van der Waals surface area contributed by atoms with Crippen molar-refractivity contribution >= 4 is 21.7 Å². The van der Waals surface area contributed by atoms with E-state index in [9.17, 15) is 18.0 Å². The predicted octanol–water partition coefficient (Wildman–Crippen LogP) is 0.709. The highest BCUT2D eigenvalue weighted by Gasteiger charge is 2.36. The van der Waals surface area contributed by atoms with Crippen LogP contribution >= 0.6 is 0 Å². The van der Waals surface area contributed by atoms with E-state index in [1.807, 2.05) is 0 Å². The van der Waals surface area contributed by atoms with Gasteiger partial charge in [0.05, 0.1) is 11.5 Å². The van der Waals surface area contributed by atoms with E-state index in [2.05, 4.69) is 0 Å². The van der Waals surface area contributed by atoms with Gasteiger partial charge in [0.25, 0.3) is 5.91 Å². The summed E-state index contributed by atoms with van der Waals surface area (Å²) in [4.78, 5) is 24.7. The van der Waals surface area contributed by atoms with E-state index in [1.165, 1.54) is 0 Å². The molecule has 1 unspecified atom stereocenters. The fourth-order valence-corrected chi connectivity index (χ4v) is 4.23. The molecule has 1 aromatic carbocycles. The molecule has 1 atom stereocenters. The average Bonchev–Trinajstić information content (AvgIpc) is 2.76. The van der Waals surface area contributed by atoms with E-state index in [0.717, 1.165) is 10.5 Å². The molecule has 2 rings (SSSR count). The van der Waals surface area contributed by atoms with E-state index < -0.39 is 34.3 Å². The van der Waals surface area contributed by atoms with Gasteiger partial charge in [-0.25, -0.2) is 8.42 Å². The Balaban J connectivity index is 2.30. The summed E-state index contributed by atoms with van der Waals surface area (Å²) in [5.41, 5.74) is 1.14. The number of aryl methyl sites for hydroxylation is 1. The summed E-state index contributed by atoms with van der Waals surface area (Å²) in [6.45, 7) is 1.27. The molecule has 1 amide bonds. The third-order valence-corrected chi connectivity index (χ3v) is 5.34. The number of sulfone groups is 1. The summed E-state index contributed by atoms with van der Waals surface area (Å²) in [5, 5.41) is 9.00. The van der Waals surface area contributed by atoms with Gasteiger partial charge in [-0.2, -0.15) is 0 Å². The Labute approximate surface area is 123 Å². The van der Waals surface area contributed by atoms with Gasteiger partial charge in [-0.1, -0.05) is 18.2 Å². The summed E-state index contributed by atoms with van der Waals surface area (Å²) in [6, 6.07) is 6.30. The number of carboxylic acid groups (broad SMARTS) is 1. The lowest BCUT2D eigenvalue weighted by Crippen LogP contribution is -2.44. The second kappa shape index (κ2) is 5.85.